The lowest BCUT2D eigenvalue weighted by atomic mass is 9.76. The van der Waals surface area contributed by atoms with Crippen LogP contribution in [0.1, 0.15) is 37.8 Å². The number of nitrogens with one attached hydrogen (secondary N) is 1. The Hall–Kier alpha value is -2.10. The Morgan fingerprint density at radius 2 is 1.59 bits per heavy atom. The molecule has 1 aromatic carbocycles. The van der Waals surface area contributed by atoms with Gasteiger partial charge in [0.2, 0.25) is 5.91 Å². The molecule has 0 spiro atoms. The van der Waals surface area contributed by atoms with Crippen molar-refractivity contribution >= 4 is 17.6 Å². The number of hydrogen-bond acceptors (Lipinski definition) is 3. The molecule has 1 aliphatic rings. The molecule has 118 valence electrons. The molecule has 22 heavy (non-hydrogen) atoms. The van der Waals surface area contributed by atoms with Crippen LogP contribution in [0.25, 0.3) is 0 Å². The third-order valence-electron chi connectivity index (χ3n) is 4.68. The van der Waals surface area contributed by atoms with E-state index in [0.29, 0.717) is 18.5 Å². The van der Waals surface area contributed by atoms with Crippen molar-refractivity contribution < 1.29 is 14.7 Å². The smallest absolute Gasteiger partial charge is 0.228 e. The number of amides is 1. The van der Waals surface area contributed by atoms with Gasteiger partial charge in [0, 0.05) is 17.6 Å². The number of aliphatic carboxylic acids is 1. The maximum Gasteiger partial charge on any atom is 0.228 e. The summed E-state index contributed by atoms with van der Waals surface area (Å²) < 4.78 is 0. The zero-order chi connectivity index (χ0) is 16.4. The highest BCUT2D eigenvalue weighted by Gasteiger charge is 2.33. The number of allylic oxidation sites excluding steroid dienone is 2. The van der Waals surface area contributed by atoms with Crippen LogP contribution >= 0.6 is 0 Å². The second-order valence-corrected chi connectivity index (χ2v) is 6.29. The highest BCUT2D eigenvalue weighted by atomic mass is 16.4. The van der Waals surface area contributed by atoms with Gasteiger partial charge >= 0.3 is 0 Å². The SMILES string of the molecule is CC1=C(C)CC(C(=O)Nc2ccc(C)c(C)c2)C(C(=O)[O-])C1. The average Bonchev–Trinajstić information content (AvgIpc) is 2.45. The summed E-state index contributed by atoms with van der Waals surface area (Å²) in [6.07, 6.45) is 0.861. The standard InChI is InChI=1S/C18H23NO3/c1-10-5-6-14(7-11(10)2)19-17(20)15-8-12(3)13(4)9-16(15)18(21)22/h5-7,15-16H,8-9H2,1-4H3,(H,19,20)(H,21,22)/p-1. The third kappa shape index (κ3) is 3.38. The summed E-state index contributed by atoms with van der Waals surface area (Å²) in [6, 6.07) is 5.68. The summed E-state index contributed by atoms with van der Waals surface area (Å²) in [5.41, 5.74) is 5.08. The largest absolute Gasteiger partial charge is 0.550 e. The van der Waals surface area contributed by atoms with E-state index in [4.69, 9.17) is 0 Å². The molecule has 4 heteroatoms. The van der Waals surface area contributed by atoms with Gasteiger partial charge in [-0.15, -0.1) is 0 Å². The first kappa shape index (κ1) is 16.3. The molecular formula is C18H22NO3-. The van der Waals surface area contributed by atoms with Crippen molar-refractivity contribution in [3.05, 3.63) is 40.5 Å². The van der Waals surface area contributed by atoms with E-state index in [9.17, 15) is 14.7 Å². The van der Waals surface area contributed by atoms with E-state index < -0.39 is 17.8 Å². The quantitative estimate of drug-likeness (QED) is 0.871. The molecule has 0 fully saturated rings. The van der Waals surface area contributed by atoms with Crippen molar-refractivity contribution in [2.75, 3.05) is 5.32 Å². The molecule has 1 amide bonds. The minimum Gasteiger partial charge on any atom is -0.550 e. The summed E-state index contributed by atoms with van der Waals surface area (Å²) in [5.74, 6) is -2.72. The number of carboxylic acid groups (broad SMARTS) is 1. The summed E-state index contributed by atoms with van der Waals surface area (Å²) in [5, 5.41) is 14.2. The molecule has 0 aliphatic heterocycles. The van der Waals surface area contributed by atoms with Crippen molar-refractivity contribution in [3.63, 3.8) is 0 Å². The maximum atomic E-state index is 12.5. The lowest BCUT2D eigenvalue weighted by Crippen LogP contribution is -2.42. The minimum absolute atomic E-state index is 0.246. The monoisotopic (exact) mass is 300 g/mol. The van der Waals surface area contributed by atoms with E-state index in [2.05, 4.69) is 5.32 Å². The van der Waals surface area contributed by atoms with E-state index in [1.165, 1.54) is 0 Å². The van der Waals surface area contributed by atoms with Gasteiger partial charge in [0.25, 0.3) is 0 Å². The fourth-order valence-electron chi connectivity index (χ4n) is 2.87. The van der Waals surface area contributed by atoms with Gasteiger partial charge in [0.1, 0.15) is 0 Å². The summed E-state index contributed by atoms with van der Waals surface area (Å²) in [7, 11) is 0. The van der Waals surface area contributed by atoms with E-state index in [1.54, 1.807) is 0 Å². The first-order valence-electron chi connectivity index (χ1n) is 7.53. The molecule has 2 unspecified atom stereocenters. The number of carboxylic acids is 1. The number of anilines is 1. The van der Waals surface area contributed by atoms with E-state index in [-0.39, 0.29) is 5.91 Å². The first-order valence-corrected chi connectivity index (χ1v) is 7.53. The predicted molar refractivity (Wildman–Crippen MR) is 84.1 cm³/mol. The molecule has 1 N–H and O–H groups in total. The predicted octanol–water partition coefficient (Wildman–Crippen LogP) is 2.35. The van der Waals surface area contributed by atoms with Gasteiger partial charge in [-0.3, -0.25) is 4.79 Å². The van der Waals surface area contributed by atoms with Crippen LogP contribution in [0.2, 0.25) is 0 Å². The van der Waals surface area contributed by atoms with Crippen molar-refractivity contribution in [3.8, 4) is 0 Å². The molecule has 2 rings (SSSR count). The maximum absolute atomic E-state index is 12.5. The molecule has 2 atom stereocenters. The second-order valence-electron chi connectivity index (χ2n) is 6.29. The van der Waals surface area contributed by atoms with Crippen molar-refractivity contribution in [1.29, 1.82) is 0 Å². The normalized spacial score (nSPS) is 21.6. The van der Waals surface area contributed by atoms with Gasteiger partial charge in [0.15, 0.2) is 0 Å². The number of benzene rings is 1. The highest BCUT2D eigenvalue weighted by molar-refractivity contribution is 5.95. The average molecular weight is 300 g/mol. The molecule has 0 aromatic heterocycles. The highest BCUT2D eigenvalue weighted by Crippen LogP contribution is 2.34. The van der Waals surface area contributed by atoms with Gasteiger partial charge in [-0.1, -0.05) is 17.2 Å². The Morgan fingerprint density at radius 1 is 1.00 bits per heavy atom. The molecule has 1 aromatic rings. The Balaban J connectivity index is 2.19. The zero-order valence-electron chi connectivity index (χ0n) is 13.5. The first-order chi connectivity index (χ1) is 10.3. The zero-order valence-corrected chi connectivity index (χ0v) is 13.5. The van der Waals surface area contributed by atoms with Crippen LogP contribution in [0.3, 0.4) is 0 Å². The van der Waals surface area contributed by atoms with Gasteiger partial charge in [-0.2, -0.15) is 0 Å². The van der Waals surface area contributed by atoms with E-state index >= 15 is 0 Å². The lowest BCUT2D eigenvalue weighted by Gasteiger charge is -2.32. The molecule has 0 bridgehead atoms. The second kappa shape index (κ2) is 6.34. The molecule has 0 heterocycles. The summed E-state index contributed by atoms with van der Waals surface area (Å²) in [6.45, 7) is 7.86. The Kier molecular flexibility index (Phi) is 4.69. The number of hydrogen-bond donors (Lipinski definition) is 1. The van der Waals surface area contributed by atoms with Crippen LogP contribution in [0.5, 0.6) is 0 Å². The molecule has 4 nitrogen and oxygen atoms in total. The van der Waals surface area contributed by atoms with E-state index in [0.717, 1.165) is 22.3 Å². The Bertz CT molecular complexity index is 646. The van der Waals surface area contributed by atoms with Gasteiger partial charge in [-0.25, -0.2) is 0 Å². The molecular weight excluding hydrogens is 278 g/mol. The van der Waals surface area contributed by atoms with Crippen LogP contribution < -0.4 is 10.4 Å². The molecule has 0 saturated carbocycles. The Morgan fingerprint density at radius 3 is 2.14 bits per heavy atom. The number of rotatable bonds is 3. The molecule has 1 aliphatic carbocycles. The summed E-state index contributed by atoms with van der Waals surface area (Å²) in [4.78, 5) is 23.9. The van der Waals surface area contributed by atoms with Crippen LogP contribution in [-0.4, -0.2) is 11.9 Å². The van der Waals surface area contributed by atoms with Gasteiger partial charge in [-0.05, 0) is 63.8 Å². The van der Waals surface area contributed by atoms with Crippen LogP contribution in [-0.2, 0) is 9.59 Å². The van der Waals surface area contributed by atoms with E-state index in [1.807, 2.05) is 45.9 Å². The van der Waals surface area contributed by atoms with Crippen LogP contribution in [0.15, 0.2) is 29.3 Å². The molecule has 0 saturated heterocycles. The fraction of sp³-hybridized carbons (Fsp3) is 0.444. The van der Waals surface area contributed by atoms with Crippen LogP contribution in [0, 0.1) is 25.7 Å². The number of carbonyl (C=O) groups is 2. The van der Waals surface area contributed by atoms with Gasteiger partial charge in [0.05, 0.1) is 5.92 Å². The minimum atomic E-state index is -1.15. The topological polar surface area (TPSA) is 69.2 Å². The summed E-state index contributed by atoms with van der Waals surface area (Å²) >= 11 is 0. The van der Waals surface area contributed by atoms with Crippen molar-refractivity contribution in [1.82, 2.24) is 0 Å². The van der Waals surface area contributed by atoms with Crippen molar-refractivity contribution in [2.45, 2.75) is 40.5 Å². The van der Waals surface area contributed by atoms with Gasteiger partial charge < -0.3 is 15.2 Å². The van der Waals surface area contributed by atoms with Crippen LogP contribution in [0.4, 0.5) is 5.69 Å². The fourth-order valence-corrected chi connectivity index (χ4v) is 2.87. The molecule has 0 radical (unpaired) electrons. The third-order valence-corrected chi connectivity index (χ3v) is 4.68. The lowest BCUT2D eigenvalue weighted by molar-refractivity contribution is -0.313. The Labute approximate surface area is 131 Å². The number of aryl methyl sites for hydroxylation is 2. The number of carbonyl (C=O) groups excluding carboxylic acids is 2. The van der Waals surface area contributed by atoms with Crippen molar-refractivity contribution in [2.24, 2.45) is 11.8 Å².